The Morgan fingerprint density at radius 3 is 2.30 bits per heavy atom. The maximum atomic E-state index is 13.7. The van der Waals surface area contributed by atoms with E-state index in [2.05, 4.69) is 31.0 Å². The number of carbonyl (C=O) groups excluding carboxylic acids is 2. The van der Waals surface area contributed by atoms with Crippen LogP contribution in [0.1, 0.15) is 35.4 Å². The van der Waals surface area contributed by atoms with Gasteiger partial charge in [-0.15, -0.1) is 0 Å². The van der Waals surface area contributed by atoms with Crippen LogP contribution in [0.2, 0.25) is 0 Å². The molecule has 0 aliphatic heterocycles. The second kappa shape index (κ2) is 13.5. The van der Waals surface area contributed by atoms with Gasteiger partial charge in [0.15, 0.2) is 5.03 Å². The number of fused-ring (bicyclic) bond motifs is 1. The van der Waals surface area contributed by atoms with E-state index in [1.54, 1.807) is 6.33 Å². The van der Waals surface area contributed by atoms with Crippen molar-refractivity contribution in [2.75, 3.05) is 6.54 Å². The number of hydrogen-bond donors (Lipinski definition) is 5. The lowest BCUT2D eigenvalue weighted by Crippen LogP contribution is -2.48. The third kappa shape index (κ3) is 7.63. The Morgan fingerprint density at radius 2 is 1.65 bits per heavy atom. The maximum Gasteiger partial charge on any atom is 0.266 e. The molecule has 4 rings (SSSR count). The number of benzene rings is 3. The minimum absolute atomic E-state index is 0.222. The monoisotopic (exact) mass is 542 g/mol. The molecule has 40 heavy (non-hydrogen) atoms. The van der Waals surface area contributed by atoms with Crippen LogP contribution in [-0.2, 0) is 16.1 Å². The first-order valence-electron chi connectivity index (χ1n) is 12.7. The van der Waals surface area contributed by atoms with Gasteiger partial charge in [-0.1, -0.05) is 66.7 Å². The van der Waals surface area contributed by atoms with E-state index in [0.29, 0.717) is 6.42 Å². The molecular weight excluding hydrogens is 512 g/mol. The Bertz CT molecular complexity index is 1430. The number of guanidine groups is 1. The molecule has 1 heterocycles. The number of nitrogens with zero attached hydrogens (tertiary/aromatic N) is 3. The smallest absolute Gasteiger partial charge is 0.266 e. The summed E-state index contributed by atoms with van der Waals surface area (Å²) in [7, 11) is 0. The van der Waals surface area contributed by atoms with Crippen molar-refractivity contribution in [1.29, 1.82) is 0 Å². The summed E-state index contributed by atoms with van der Waals surface area (Å²) < 4.78 is 0. The average molecular weight is 543 g/mol. The van der Waals surface area contributed by atoms with Crippen molar-refractivity contribution in [3.05, 3.63) is 112 Å². The van der Waals surface area contributed by atoms with E-state index in [9.17, 15) is 19.7 Å². The number of aromatic amines is 1. The van der Waals surface area contributed by atoms with Crippen LogP contribution < -0.4 is 21.7 Å². The first-order valence-corrected chi connectivity index (χ1v) is 12.7. The molecule has 0 radical (unpaired) electrons. The van der Waals surface area contributed by atoms with Crippen LogP contribution in [0, 0.1) is 10.1 Å². The Morgan fingerprint density at radius 1 is 0.975 bits per heavy atom. The lowest BCUT2D eigenvalue weighted by Gasteiger charge is -2.23. The predicted molar refractivity (Wildman–Crippen MR) is 150 cm³/mol. The number of H-pyrrole nitrogens is 1. The lowest BCUT2D eigenvalue weighted by molar-refractivity contribution is -0.485. The maximum absolute atomic E-state index is 13.7. The number of hydrazone groups is 1. The van der Waals surface area contributed by atoms with E-state index in [1.807, 2.05) is 78.9 Å². The van der Waals surface area contributed by atoms with Crippen molar-refractivity contribution in [3.63, 3.8) is 0 Å². The third-order valence-corrected chi connectivity index (χ3v) is 6.28. The van der Waals surface area contributed by atoms with E-state index in [4.69, 9.17) is 5.73 Å². The van der Waals surface area contributed by atoms with Crippen LogP contribution in [0.4, 0.5) is 0 Å². The summed E-state index contributed by atoms with van der Waals surface area (Å²) in [5.74, 6) is -1.64. The van der Waals surface area contributed by atoms with E-state index in [0.717, 1.165) is 27.7 Å². The second-order valence-electron chi connectivity index (χ2n) is 9.08. The van der Waals surface area contributed by atoms with E-state index in [-0.39, 0.29) is 37.3 Å². The van der Waals surface area contributed by atoms with Crippen LogP contribution in [0.5, 0.6) is 0 Å². The van der Waals surface area contributed by atoms with Crippen LogP contribution in [0.15, 0.2) is 90.3 Å². The number of hydrogen-bond acceptors (Lipinski definition) is 5. The fraction of sp³-hybridized carbons (Fsp3) is 0.214. The molecule has 12 nitrogen and oxygen atoms in total. The van der Waals surface area contributed by atoms with Gasteiger partial charge in [-0.25, -0.2) is 15.1 Å². The highest BCUT2D eigenvalue weighted by molar-refractivity contribution is 5.92. The molecule has 206 valence electrons. The number of imidazole rings is 1. The van der Waals surface area contributed by atoms with Gasteiger partial charge in [-0.3, -0.25) is 9.59 Å². The lowest BCUT2D eigenvalue weighted by atomic mass is 9.90. The van der Waals surface area contributed by atoms with Crippen molar-refractivity contribution in [1.82, 2.24) is 25.9 Å². The fourth-order valence-corrected chi connectivity index (χ4v) is 4.36. The quantitative estimate of drug-likeness (QED) is 0.0599. The van der Waals surface area contributed by atoms with Gasteiger partial charge < -0.3 is 26.7 Å². The second-order valence-corrected chi connectivity index (χ2v) is 9.08. The SMILES string of the molecule is NC(=N[N+](=O)[O-])NCCC[C@H](NC(=O)C(c1ccccc1)c1ccccc1)C(=O)NCc1ccc2nc[nH]c2c1. The summed E-state index contributed by atoms with van der Waals surface area (Å²) in [5, 5.41) is 21.1. The van der Waals surface area contributed by atoms with Crippen molar-refractivity contribution >= 4 is 28.8 Å². The summed E-state index contributed by atoms with van der Waals surface area (Å²) in [6, 6.07) is 23.5. The number of nitro groups is 1. The zero-order chi connectivity index (χ0) is 28.3. The zero-order valence-electron chi connectivity index (χ0n) is 21.6. The van der Waals surface area contributed by atoms with Crippen molar-refractivity contribution in [2.24, 2.45) is 10.8 Å². The van der Waals surface area contributed by atoms with E-state index < -0.39 is 17.0 Å². The molecule has 0 aliphatic rings. The standard InChI is InChI=1S/C28H30N8O4/c29-28(35-36(39)40)30-15-7-12-23(26(37)31-17-19-13-14-22-24(16-19)33-18-32-22)34-27(38)25(20-8-3-1-4-9-20)21-10-5-2-6-11-21/h1-6,8-11,13-14,16,18,23,25H,7,12,15,17H2,(H,31,37)(H,32,33)(H,34,38)(H3,29,30,35)/t23-/m0/s1. The van der Waals surface area contributed by atoms with Crippen molar-refractivity contribution in [2.45, 2.75) is 31.3 Å². The normalized spacial score (nSPS) is 12.2. The van der Waals surface area contributed by atoms with Crippen LogP contribution >= 0.6 is 0 Å². The van der Waals surface area contributed by atoms with E-state index in [1.165, 1.54) is 0 Å². The Kier molecular flexibility index (Phi) is 9.38. The van der Waals surface area contributed by atoms with Gasteiger partial charge in [-0.2, -0.15) is 0 Å². The number of amides is 2. The zero-order valence-corrected chi connectivity index (χ0v) is 21.6. The average Bonchev–Trinajstić information content (AvgIpc) is 3.42. The molecule has 1 atom stereocenters. The molecule has 0 saturated heterocycles. The molecule has 1 aromatic heterocycles. The van der Waals surface area contributed by atoms with E-state index >= 15 is 0 Å². The summed E-state index contributed by atoms with van der Waals surface area (Å²) in [5.41, 5.74) is 9.62. The molecule has 0 aliphatic carbocycles. The third-order valence-electron chi connectivity index (χ3n) is 6.28. The number of carbonyl (C=O) groups is 2. The Labute approximate surface area is 230 Å². The van der Waals surface area contributed by atoms with Crippen LogP contribution in [0.25, 0.3) is 11.0 Å². The molecule has 6 N–H and O–H groups in total. The molecule has 0 unspecified atom stereocenters. The molecule has 0 saturated carbocycles. The fourth-order valence-electron chi connectivity index (χ4n) is 4.36. The summed E-state index contributed by atoms with van der Waals surface area (Å²) >= 11 is 0. The minimum atomic E-state index is -0.896. The number of nitrogens with two attached hydrogens (primary N) is 1. The number of rotatable bonds is 12. The number of aromatic nitrogens is 2. The topological polar surface area (TPSA) is 180 Å². The van der Waals surface area contributed by atoms with Gasteiger partial charge in [0, 0.05) is 13.1 Å². The van der Waals surface area contributed by atoms with Crippen LogP contribution in [-0.4, -0.2) is 45.4 Å². The van der Waals surface area contributed by atoms with Crippen molar-refractivity contribution < 1.29 is 14.6 Å². The van der Waals surface area contributed by atoms with Gasteiger partial charge in [0.25, 0.3) is 5.96 Å². The molecule has 2 amide bonds. The largest absolute Gasteiger partial charge is 0.365 e. The van der Waals surface area contributed by atoms with Crippen molar-refractivity contribution in [3.8, 4) is 0 Å². The molecule has 12 heteroatoms. The number of nitrogens with one attached hydrogen (secondary N) is 4. The molecule has 4 aromatic rings. The predicted octanol–water partition coefficient (Wildman–Crippen LogP) is 2.37. The van der Waals surface area contributed by atoms with Gasteiger partial charge >= 0.3 is 0 Å². The molecule has 0 spiro atoms. The summed E-state index contributed by atoms with van der Waals surface area (Å²) in [6.07, 6.45) is 2.24. The Balaban J connectivity index is 1.48. The van der Waals surface area contributed by atoms with Crippen LogP contribution in [0.3, 0.4) is 0 Å². The highest BCUT2D eigenvalue weighted by Gasteiger charge is 2.27. The highest BCUT2D eigenvalue weighted by Crippen LogP contribution is 2.25. The van der Waals surface area contributed by atoms with Gasteiger partial charge in [-0.05, 0) is 41.7 Å². The highest BCUT2D eigenvalue weighted by atomic mass is 16.7. The minimum Gasteiger partial charge on any atom is -0.365 e. The molecule has 3 aromatic carbocycles. The van der Waals surface area contributed by atoms with Gasteiger partial charge in [0.1, 0.15) is 11.1 Å². The van der Waals surface area contributed by atoms with Gasteiger partial charge in [0.05, 0.1) is 23.3 Å². The summed E-state index contributed by atoms with van der Waals surface area (Å²) in [6.45, 7) is 0.474. The first kappa shape index (κ1) is 27.8. The Hall–Kier alpha value is -5.26. The molecular formula is C28H30N8O4. The first-order chi connectivity index (χ1) is 19.4. The molecule has 0 fully saturated rings. The molecule has 0 bridgehead atoms. The summed E-state index contributed by atoms with van der Waals surface area (Å²) in [4.78, 5) is 44.8. The van der Waals surface area contributed by atoms with Gasteiger partial charge in [0.2, 0.25) is 11.8 Å².